The Labute approximate surface area is 203 Å². The summed E-state index contributed by atoms with van der Waals surface area (Å²) in [6.07, 6.45) is 0.859. The quantitative estimate of drug-likeness (QED) is 0.370. The summed E-state index contributed by atoms with van der Waals surface area (Å²) in [5, 5.41) is 10.3. The molecule has 1 aliphatic heterocycles. The van der Waals surface area contributed by atoms with Crippen LogP contribution in [0.3, 0.4) is 0 Å². The Balaban J connectivity index is 1.33. The minimum Gasteiger partial charge on any atom is -0.506 e. The van der Waals surface area contributed by atoms with Crippen LogP contribution in [0.4, 0.5) is 5.69 Å². The molecule has 12 heteroatoms. The number of hydrogen-bond donors (Lipinski definition) is 3. The van der Waals surface area contributed by atoms with Crippen LogP contribution in [0.25, 0.3) is 0 Å². The van der Waals surface area contributed by atoms with Gasteiger partial charge in [0.2, 0.25) is 10.0 Å². The van der Waals surface area contributed by atoms with Crippen molar-refractivity contribution < 1.29 is 31.5 Å². The lowest BCUT2D eigenvalue weighted by Crippen LogP contribution is -2.29. The number of phenols is 1. The summed E-state index contributed by atoms with van der Waals surface area (Å²) in [6, 6.07) is 19.6. The van der Waals surface area contributed by atoms with Crippen LogP contribution in [0.2, 0.25) is 0 Å². The largest absolute Gasteiger partial charge is 0.506 e. The SMILES string of the molecule is O=C1CN(c2ccc(CCCNS(=O)(=O)c3cccc(Oc4ccccc4)c3)cc2O)S(=O)(=O)N1. The van der Waals surface area contributed by atoms with E-state index in [9.17, 15) is 26.7 Å². The average molecular weight is 518 g/mol. The number of nitrogens with one attached hydrogen (secondary N) is 2. The number of phenolic OH excluding ortho intramolecular Hbond substituents is 1. The van der Waals surface area contributed by atoms with E-state index in [1.165, 1.54) is 24.3 Å². The van der Waals surface area contributed by atoms with Crippen molar-refractivity contribution in [2.45, 2.75) is 17.7 Å². The minimum absolute atomic E-state index is 0.00888. The van der Waals surface area contributed by atoms with Crippen LogP contribution < -0.4 is 18.5 Å². The molecule has 3 aromatic carbocycles. The first-order valence-corrected chi connectivity index (χ1v) is 13.5. The molecule has 3 aromatic rings. The number of carbonyl (C=O) groups excluding carboxylic acids is 1. The lowest BCUT2D eigenvalue weighted by Gasteiger charge is -2.16. The molecule has 3 N–H and O–H groups in total. The number of aromatic hydroxyl groups is 1. The third kappa shape index (κ3) is 5.91. The standard InChI is InChI=1S/C23H23N3O7S2/c27-22-14-17(11-12-21(22)26-16-23(28)25-35(26,31)32)6-5-13-24-34(29,30)20-10-4-9-19(15-20)33-18-7-2-1-3-8-18/h1-4,7-12,14-15,24,27H,5-6,13,16H2,(H,25,28). The van der Waals surface area contributed by atoms with Crippen molar-refractivity contribution in [1.29, 1.82) is 0 Å². The predicted octanol–water partition coefficient (Wildman–Crippen LogP) is 2.28. The fraction of sp³-hybridized carbons (Fsp3) is 0.174. The smallest absolute Gasteiger partial charge is 0.326 e. The van der Waals surface area contributed by atoms with Gasteiger partial charge in [0.1, 0.15) is 23.8 Å². The minimum atomic E-state index is -4.02. The molecule has 10 nitrogen and oxygen atoms in total. The summed E-state index contributed by atoms with van der Waals surface area (Å²) in [4.78, 5) is 11.5. The lowest BCUT2D eigenvalue weighted by atomic mass is 10.1. The van der Waals surface area contributed by atoms with Crippen molar-refractivity contribution in [3.8, 4) is 17.2 Å². The Morgan fingerprint density at radius 3 is 2.43 bits per heavy atom. The molecule has 0 aromatic heterocycles. The molecule has 0 bridgehead atoms. The van der Waals surface area contributed by atoms with Crippen molar-refractivity contribution in [3.63, 3.8) is 0 Å². The summed E-state index contributed by atoms with van der Waals surface area (Å²) in [5.41, 5.74) is 0.671. The van der Waals surface area contributed by atoms with Crippen LogP contribution in [-0.2, 0) is 31.4 Å². The molecule has 1 fully saturated rings. The molecule has 0 saturated carbocycles. The summed E-state index contributed by atoms with van der Waals surface area (Å²) < 4.78 is 60.1. The highest BCUT2D eigenvalue weighted by Crippen LogP contribution is 2.31. The number of aryl methyl sites for hydroxylation is 1. The zero-order valence-corrected chi connectivity index (χ0v) is 20.1. The number of amides is 1. The number of rotatable bonds is 9. The van der Waals surface area contributed by atoms with Gasteiger partial charge in [0.15, 0.2) is 0 Å². The first kappa shape index (κ1) is 24.5. The van der Waals surface area contributed by atoms with Crippen LogP contribution in [0.1, 0.15) is 12.0 Å². The molecular weight excluding hydrogens is 494 g/mol. The summed E-state index contributed by atoms with van der Waals surface area (Å²) in [5.74, 6) is 0.0114. The van der Waals surface area contributed by atoms with Gasteiger partial charge in [-0.1, -0.05) is 30.3 Å². The number of nitrogens with zero attached hydrogens (tertiary/aromatic N) is 1. The van der Waals surface area contributed by atoms with E-state index in [0.29, 0.717) is 29.9 Å². The van der Waals surface area contributed by atoms with Crippen LogP contribution >= 0.6 is 0 Å². The van der Waals surface area contributed by atoms with Crippen LogP contribution in [0, 0.1) is 0 Å². The fourth-order valence-corrected chi connectivity index (χ4v) is 5.78. The highest BCUT2D eigenvalue weighted by Gasteiger charge is 2.35. The molecule has 1 aliphatic rings. The second-order valence-electron chi connectivity index (χ2n) is 7.75. The number of para-hydroxylation sites is 1. The van der Waals surface area contributed by atoms with E-state index in [2.05, 4.69) is 4.72 Å². The first-order chi connectivity index (χ1) is 16.6. The van der Waals surface area contributed by atoms with Crippen molar-refractivity contribution in [2.75, 3.05) is 17.4 Å². The maximum atomic E-state index is 12.7. The topological polar surface area (TPSA) is 142 Å². The van der Waals surface area contributed by atoms with Gasteiger partial charge in [-0.3, -0.25) is 4.79 Å². The second kappa shape index (κ2) is 9.94. The molecule has 1 heterocycles. The van der Waals surface area contributed by atoms with Gasteiger partial charge < -0.3 is 9.84 Å². The molecule has 4 rings (SSSR count). The molecule has 0 atom stereocenters. The van der Waals surface area contributed by atoms with Crippen molar-refractivity contribution in [2.24, 2.45) is 0 Å². The van der Waals surface area contributed by atoms with E-state index in [4.69, 9.17) is 4.74 Å². The molecule has 0 spiro atoms. The Kier molecular flexibility index (Phi) is 6.96. The Bertz CT molecular complexity index is 1440. The van der Waals surface area contributed by atoms with Crippen LogP contribution in [-0.4, -0.2) is 40.9 Å². The molecule has 1 saturated heterocycles. The molecule has 0 aliphatic carbocycles. The second-order valence-corrected chi connectivity index (χ2v) is 11.1. The number of sulfonamides is 1. The van der Waals surface area contributed by atoms with Gasteiger partial charge in [0, 0.05) is 12.6 Å². The van der Waals surface area contributed by atoms with E-state index in [1.807, 2.05) is 22.9 Å². The molecule has 1 amide bonds. The Hall–Kier alpha value is -3.61. The average Bonchev–Trinajstić information content (AvgIpc) is 3.09. The number of hydrogen-bond acceptors (Lipinski definition) is 7. The van der Waals surface area contributed by atoms with Gasteiger partial charge in [0.25, 0.3) is 5.91 Å². The van der Waals surface area contributed by atoms with E-state index >= 15 is 0 Å². The summed E-state index contributed by atoms with van der Waals surface area (Å²) >= 11 is 0. The van der Waals surface area contributed by atoms with E-state index in [-0.39, 0.29) is 22.9 Å². The van der Waals surface area contributed by atoms with Gasteiger partial charge in [-0.25, -0.2) is 22.2 Å². The van der Waals surface area contributed by atoms with Gasteiger partial charge in [-0.2, -0.15) is 8.42 Å². The summed E-state index contributed by atoms with van der Waals surface area (Å²) in [7, 11) is -7.79. The normalized spacial score (nSPS) is 15.1. The van der Waals surface area contributed by atoms with Gasteiger partial charge in [0.05, 0.1) is 10.6 Å². The maximum absolute atomic E-state index is 12.7. The van der Waals surface area contributed by atoms with Crippen LogP contribution in [0.15, 0.2) is 77.7 Å². The first-order valence-electron chi connectivity index (χ1n) is 10.6. The number of benzene rings is 3. The van der Waals surface area contributed by atoms with Crippen molar-refractivity contribution in [3.05, 3.63) is 78.4 Å². The Morgan fingerprint density at radius 1 is 1.00 bits per heavy atom. The molecule has 184 valence electrons. The number of ether oxygens (including phenoxy) is 1. The number of anilines is 1. The van der Waals surface area contributed by atoms with E-state index < -0.39 is 32.7 Å². The molecular formula is C23H23N3O7S2. The summed E-state index contributed by atoms with van der Waals surface area (Å²) in [6.45, 7) is -0.262. The zero-order chi connectivity index (χ0) is 25.1. The van der Waals surface area contributed by atoms with Crippen LogP contribution in [0.5, 0.6) is 17.2 Å². The monoisotopic (exact) mass is 517 g/mol. The fourth-order valence-electron chi connectivity index (χ4n) is 3.51. The lowest BCUT2D eigenvalue weighted by molar-refractivity contribution is -0.117. The van der Waals surface area contributed by atoms with Crippen molar-refractivity contribution in [1.82, 2.24) is 9.44 Å². The molecule has 0 radical (unpaired) electrons. The molecule has 0 unspecified atom stereocenters. The third-order valence-electron chi connectivity index (χ3n) is 5.16. The van der Waals surface area contributed by atoms with Crippen molar-refractivity contribution >= 4 is 31.8 Å². The zero-order valence-electron chi connectivity index (χ0n) is 18.4. The highest BCUT2D eigenvalue weighted by molar-refractivity contribution is 7.92. The highest BCUT2D eigenvalue weighted by atomic mass is 32.2. The predicted molar refractivity (Wildman–Crippen MR) is 129 cm³/mol. The molecule has 35 heavy (non-hydrogen) atoms. The Morgan fingerprint density at radius 2 is 1.74 bits per heavy atom. The maximum Gasteiger partial charge on any atom is 0.326 e. The number of carbonyl (C=O) groups is 1. The third-order valence-corrected chi connectivity index (χ3v) is 8.01. The van der Waals surface area contributed by atoms with Gasteiger partial charge in [-0.05, 0) is 54.8 Å². The van der Waals surface area contributed by atoms with E-state index in [0.717, 1.165) is 4.31 Å². The van der Waals surface area contributed by atoms with Gasteiger partial charge in [-0.15, -0.1) is 0 Å². The van der Waals surface area contributed by atoms with E-state index in [1.54, 1.807) is 30.3 Å². The van der Waals surface area contributed by atoms with Gasteiger partial charge >= 0.3 is 10.2 Å².